The molecule has 0 unspecified atom stereocenters. The highest BCUT2D eigenvalue weighted by molar-refractivity contribution is 5.93. The van der Waals surface area contributed by atoms with Gasteiger partial charge in [0.25, 0.3) is 0 Å². The molecule has 7 nitrogen and oxygen atoms in total. The first kappa shape index (κ1) is 20.6. The lowest BCUT2D eigenvalue weighted by atomic mass is 10.1. The molecular weight excluding hydrogens is 344 g/mol. The number of hydrogen-bond donors (Lipinski definition) is 1. The van der Waals surface area contributed by atoms with Gasteiger partial charge in [-0.25, -0.2) is 4.79 Å². The smallest absolute Gasteiger partial charge is 0.341 e. The Balaban J connectivity index is 2.35. The number of fused-ring (bicyclic) bond motifs is 1. The van der Waals surface area contributed by atoms with Gasteiger partial charge >= 0.3 is 5.97 Å². The molecule has 0 saturated carbocycles. The third kappa shape index (κ3) is 5.64. The number of aromatic nitrogens is 1. The fourth-order valence-corrected chi connectivity index (χ4v) is 2.98. The number of aryl methyl sites for hydroxylation is 1. The second-order valence-corrected chi connectivity index (χ2v) is 6.88. The lowest BCUT2D eigenvalue weighted by molar-refractivity contribution is 0.0695. The van der Waals surface area contributed by atoms with E-state index >= 15 is 0 Å². The van der Waals surface area contributed by atoms with Gasteiger partial charge in [-0.2, -0.15) is 0 Å². The van der Waals surface area contributed by atoms with Crippen molar-refractivity contribution in [1.82, 2.24) is 9.58 Å². The van der Waals surface area contributed by atoms with Crippen molar-refractivity contribution in [2.24, 2.45) is 10.3 Å². The molecule has 0 aliphatic heterocycles. The summed E-state index contributed by atoms with van der Waals surface area (Å²) in [4.78, 5) is 23.9. The molecule has 1 heterocycles. The molecule has 0 saturated heterocycles. The Morgan fingerprint density at radius 2 is 1.85 bits per heavy atom. The van der Waals surface area contributed by atoms with Crippen LogP contribution >= 0.6 is 0 Å². The first-order valence-corrected chi connectivity index (χ1v) is 9.43. The van der Waals surface area contributed by atoms with Crippen molar-refractivity contribution < 1.29 is 9.90 Å². The minimum absolute atomic E-state index is 0.198. The summed E-state index contributed by atoms with van der Waals surface area (Å²) in [7, 11) is 3.55. The summed E-state index contributed by atoms with van der Waals surface area (Å²) in [6.45, 7) is 2.85. The molecule has 2 rings (SSSR count). The third-order valence-electron chi connectivity index (χ3n) is 4.39. The van der Waals surface area contributed by atoms with Crippen LogP contribution in [0.15, 0.2) is 39.5 Å². The molecule has 0 bridgehead atoms. The number of nitrogens with zero attached hydrogens (tertiary/aromatic N) is 4. The summed E-state index contributed by atoms with van der Waals surface area (Å²) in [5.41, 5.74) is 0.646. The molecule has 0 radical (unpaired) electrons. The van der Waals surface area contributed by atoms with Gasteiger partial charge in [-0.1, -0.05) is 44.3 Å². The average molecular weight is 372 g/mol. The second-order valence-electron chi connectivity index (χ2n) is 6.88. The number of unbranched alkanes of at least 4 members (excludes halogenated alkanes) is 5. The molecule has 27 heavy (non-hydrogen) atoms. The largest absolute Gasteiger partial charge is 0.477 e. The quantitative estimate of drug-likeness (QED) is 0.374. The predicted octanol–water partition coefficient (Wildman–Crippen LogP) is 4.62. The van der Waals surface area contributed by atoms with Crippen molar-refractivity contribution in [3.05, 3.63) is 40.2 Å². The SMILES string of the molecule is CCCCCCCCn1cc(C(=O)O)c(=O)c2ccc(/N=N/N(C)C)cc21. The highest BCUT2D eigenvalue weighted by atomic mass is 16.4. The lowest BCUT2D eigenvalue weighted by Gasteiger charge is -2.13. The first-order chi connectivity index (χ1) is 12.9. The normalized spacial score (nSPS) is 11.4. The summed E-state index contributed by atoms with van der Waals surface area (Å²) in [6.07, 6.45) is 8.30. The maximum Gasteiger partial charge on any atom is 0.341 e. The molecule has 0 atom stereocenters. The van der Waals surface area contributed by atoms with Crippen molar-refractivity contribution in [3.8, 4) is 0 Å². The minimum atomic E-state index is -1.20. The Morgan fingerprint density at radius 3 is 2.52 bits per heavy atom. The third-order valence-corrected chi connectivity index (χ3v) is 4.39. The zero-order valence-electron chi connectivity index (χ0n) is 16.3. The molecule has 0 amide bonds. The zero-order chi connectivity index (χ0) is 19.8. The summed E-state index contributed by atoms with van der Waals surface area (Å²) in [5, 5.41) is 19.5. The van der Waals surface area contributed by atoms with Gasteiger partial charge in [0, 0.05) is 32.2 Å². The van der Waals surface area contributed by atoms with E-state index in [9.17, 15) is 14.7 Å². The van der Waals surface area contributed by atoms with Gasteiger partial charge < -0.3 is 9.67 Å². The fourth-order valence-electron chi connectivity index (χ4n) is 2.98. The van der Waals surface area contributed by atoms with Crippen LogP contribution in [0.4, 0.5) is 5.69 Å². The highest BCUT2D eigenvalue weighted by Crippen LogP contribution is 2.21. The Kier molecular flexibility index (Phi) is 7.52. The van der Waals surface area contributed by atoms with Gasteiger partial charge in [0.2, 0.25) is 5.43 Å². The topological polar surface area (TPSA) is 87.3 Å². The van der Waals surface area contributed by atoms with E-state index in [-0.39, 0.29) is 5.56 Å². The number of benzene rings is 1. The number of aromatic carboxylic acids is 1. The van der Waals surface area contributed by atoms with Crippen molar-refractivity contribution in [1.29, 1.82) is 0 Å². The number of carboxylic acids is 1. The van der Waals surface area contributed by atoms with E-state index in [0.717, 1.165) is 12.8 Å². The van der Waals surface area contributed by atoms with Crippen LogP contribution in [0.1, 0.15) is 55.8 Å². The van der Waals surface area contributed by atoms with Crippen LogP contribution in [0.3, 0.4) is 0 Å². The minimum Gasteiger partial charge on any atom is -0.477 e. The van der Waals surface area contributed by atoms with Crippen LogP contribution in [0.5, 0.6) is 0 Å². The molecule has 1 N–H and O–H groups in total. The van der Waals surface area contributed by atoms with E-state index in [4.69, 9.17) is 0 Å². The van der Waals surface area contributed by atoms with Gasteiger partial charge in [-0.15, -0.1) is 5.11 Å². The molecular formula is C20H28N4O3. The number of carbonyl (C=O) groups is 1. The van der Waals surface area contributed by atoms with Crippen LogP contribution in [0.2, 0.25) is 0 Å². The molecule has 1 aromatic carbocycles. The lowest BCUT2D eigenvalue weighted by Crippen LogP contribution is -2.19. The monoisotopic (exact) mass is 372 g/mol. The van der Waals surface area contributed by atoms with Crippen molar-refractivity contribution >= 4 is 22.6 Å². The van der Waals surface area contributed by atoms with Crippen molar-refractivity contribution in [2.75, 3.05) is 14.1 Å². The molecule has 0 aliphatic rings. The van der Waals surface area contributed by atoms with E-state index in [2.05, 4.69) is 17.3 Å². The van der Waals surface area contributed by atoms with E-state index in [0.29, 0.717) is 23.1 Å². The summed E-state index contributed by atoms with van der Waals surface area (Å²) in [6, 6.07) is 5.09. The van der Waals surface area contributed by atoms with Gasteiger partial charge in [-0.3, -0.25) is 9.80 Å². The molecule has 0 spiro atoms. The van der Waals surface area contributed by atoms with Crippen LogP contribution < -0.4 is 5.43 Å². The summed E-state index contributed by atoms with van der Waals surface area (Å²) >= 11 is 0. The highest BCUT2D eigenvalue weighted by Gasteiger charge is 2.14. The van der Waals surface area contributed by atoms with Crippen molar-refractivity contribution in [2.45, 2.75) is 52.0 Å². The van der Waals surface area contributed by atoms with Crippen LogP contribution in [0, 0.1) is 0 Å². The van der Waals surface area contributed by atoms with E-state index in [1.54, 1.807) is 37.3 Å². The molecule has 146 valence electrons. The van der Waals surface area contributed by atoms with Gasteiger partial charge in [0.1, 0.15) is 5.56 Å². The van der Waals surface area contributed by atoms with E-state index < -0.39 is 11.4 Å². The maximum absolute atomic E-state index is 12.5. The van der Waals surface area contributed by atoms with Crippen LogP contribution in [-0.4, -0.2) is 34.7 Å². The van der Waals surface area contributed by atoms with Crippen LogP contribution in [-0.2, 0) is 6.54 Å². The van der Waals surface area contributed by atoms with E-state index in [1.165, 1.54) is 31.9 Å². The summed E-state index contributed by atoms with van der Waals surface area (Å²) < 4.78 is 1.86. The van der Waals surface area contributed by atoms with Gasteiger partial charge in [0.15, 0.2) is 0 Å². The molecule has 2 aromatic rings. The maximum atomic E-state index is 12.5. The zero-order valence-corrected chi connectivity index (χ0v) is 16.3. The van der Waals surface area contributed by atoms with Crippen LogP contribution in [0.25, 0.3) is 10.9 Å². The number of carboxylic acid groups (broad SMARTS) is 1. The molecule has 0 fully saturated rings. The average Bonchev–Trinajstić information content (AvgIpc) is 2.64. The number of hydrogen-bond acceptors (Lipinski definition) is 4. The Hall–Kier alpha value is -2.70. The molecule has 1 aromatic heterocycles. The fraction of sp³-hybridized carbons (Fsp3) is 0.500. The molecule has 7 heteroatoms. The predicted molar refractivity (Wildman–Crippen MR) is 107 cm³/mol. The van der Waals surface area contributed by atoms with E-state index in [1.807, 2.05) is 4.57 Å². The second kappa shape index (κ2) is 9.85. The Morgan fingerprint density at radius 1 is 1.15 bits per heavy atom. The van der Waals surface area contributed by atoms with Crippen molar-refractivity contribution in [3.63, 3.8) is 0 Å². The standard InChI is InChI=1S/C20H28N4O3/c1-4-5-6-7-8-9-12-24-14-17(20(26)27)19(25)16-11-10-15(13-18(16)24)21-22-23(2)3/h10-11,13-14H,4-9,12H2,1-3H3,(H,26,27)/b22-21+. The Labute approximate surface area is 159 Å². The molecule has 0 aliphatic carbocycles. The number of pyridine rings is 1. The Bertz CT molecular complexity index is 871. The summed E-state index contributed by atoms with van der Waals surface area (Å²) in [5.74, 6) is -1.20. The van der Waals surface area contributed by atoms with Gasteiger partial charge in [0.05, 0.1) is 11.2 Å². The number of rotatable bonds is 10. The van der Waals surface area contributed by atoms with Gasteiger partial charge in [-0.05, 0) is 24.6 Å². The first-order valence-electron chi connectivity index (χ1n) is 9.43.